The summed E-state index contributed by atoms with van der Waals surface area (Å²) in [5.41, 5.74) is 6.17. The summed E-state index contributed by atoms with van der Waals surface area (Å²) in [6.45, 7) is 4.88. The number of hydrogen-bond donors (Lipinski definition) is 6. The second-order valence-electron chi connectivity index (χ2n) is 15.6. The lowest BCUT2D eigenvalue weighted by molar-refractivity contribution is 0.101. The number of rotatable bonds is 14. The maximum absolute atomic E-state index is 13.0. The fourth-order valence-corrected chi connectivity index (χ4v) is 7.45. The van der Waals surface area contributed by atoms with Crippen molar-refractivity contribution in [1.29, 1.82) is 10.8 Å². The number of anilines is 4. The van der Waals surface area contributed by atoms with E-state index in [2.05, 4.69) is 41.0 Å². The number of aromatic nitrogens is 2. The first-order chi connectivity index (χ1) is 32.1. The van der Waals surface area contributed by atoms with Crippen LogP contribution in [0.2, 0.25) is 10.0 Å². The van der Waals surface area contributed by atoms with Crippen LogP contribution in [0.1, 0.15) is 68.7 Å². The van der Waals surface area contributed by atoms with Gasteiger partial charge in [-0.25, -0.2) is 9.97 Å². The quantitative estimate of drug-likeness (QED) is 0.0455. The van der Waals surface area contributed by atoms with Crippen molar-refractivity contribution in [3.63, 3.8) is 0 Å². The third-order valence-electron chi connectivity index (χ3n) is 11.1. The SMILES string of the molecule is COc1ccc(NCc2ccc(C(=N)N3CCC3)cc2)c(C(=O)Nc2ccc(Cl)cn2)c1.COc1ccc(NCc2ccc(C(=N)N3CCCCC3)cc2)c(C(=O)Nc2ccc(Cl)cn2)c1. The van der Waals surface area contributed by atoms with Gasteiger partial charge in [0.1, 0.15) is 34.8 Å². The van der Waals surface area contributed by atoms with E-state index in [0.717, 1.165) is 67.7 Å². The van der Waals surface area contributed by atoms with Crippen molar-refractivity contribution < 1.29 is 19.1 Å². The number of amides is 2. The van der Waals surface area contributed by atoms with Crippen molar-refractivity contribution in [1.82, 2.24) is 19.8 Å². The zero-order valence-corrected chi connectivity index (χ0v) is 38.3. The van der Waals surface area contributed by atoms with Gasteiger partial charge < -0.3 is 40.5 Å². The third-order valence-corrected chi connectivity index (χ3v) is 11.6. The number of carbonyl (C=O) groups excluding carboxylic acids is 2. The average Bonchev–Trinajstić information content (AvgIpc) is 3.34. The molecular weight excluding hydrogens is 876 g/mol. The van der Waals surface area contributed by atoms with Gasteiger partial charge in [-0.15, -0.1) is 0 Å². The van der Waals surface area contributed by atoms with E-state index in [0.29, 0.717) is 80.4 Å². The number of piperidine rings is 1. The van der Waals surface area contributed by atoms with Crippen molar-refractivity contribution in [2.75, 3.05) is 61.7 Å². The summed E-state index contributed by atoms with van der Waals surface area (Å²) in [4.78, 5) is 38.3. The lowest BCUT2D eigenvalue weighted by Gasteiger charge is -2.33. The summed E-state index contributed by atoms with van der Waals surface area (Å²) in [7, 11) is 3.12. The first-order valence-electron chi connectivity index (χ1n) is 21.6. The summed E-state index contributed by atoms with van der Waals surface area (Å²) >= 11 is 11.7. The molecule has 4 aromatic carbocycles. The van der Waals surface area contributed by atoms with Crippen molar-refractivity contribution in [2.45, 2.75) is 38.8 Å². The molecule has 0 atom stereocenters. The number of nitrogens with zero attached hydrogens (tertiary/aromatic N) is 4. The largest absolute Gasteiger partial charge is 0.497 e. The molecular formula is C50H52Cl2N10O4. The van der Waals surface area contributed by atoms with Crippen LogP contribution in [0.3, 0.4) is 0 Å². The Balaban J connectivity index is 0.000000197. The zero-order valence-electron chi connectivity index (χ0n) is 36.8. The van der Waals surface area contributed by atoms with Crippen molar-refractivity contribution in [2.24, 2.45) is 0 Å². The van der Waals surface area contributed by atoms with Gasteiger partial charge in [-0.05, 0) is 97.5 Å². The van der Waals surface area contributed by atoms with E-state index in [1.54, 1.807) is 56.7 Å². The maximum atomic E-state index is 13.0. The van der Waals surface area contributed by atoms with Crippen LogP contribution in [0.5, 0.6) is 11.5 Å². The van der Waals surface area contributed by atoms with E-state index in [-0.39, 0.29) is 11.8 Å². The molecule has 0 unspecified atom stereocenters. The normalized spacial score (nSPS) is 13.0. The van der Waals surface area contributed by atoms with Crippen LogP contribution in [-0.2, 0) is 13.1 Å². The summed E-state index contributed by atoms with van der Waals surface area (Å²) < 4.78 is 10.6. The predicted octanol–water partition coefficient (Wildman–Crippen LogP) is 10.1. The highest BCUT2D eigenvalue weighted by Crippen LogP contribution is 2.26. The Morgan fingerprint density at radius 3 is 1.32 bits per heavy atom. The van der Waals surface area contributed by atoms with E-state index in [9.17, 15) is 9.59 Å². The topological polar surface area (TPSA) is 181 Å². The van der Waals surface area contributed by atoms with Gasteiger partial charge in [0, 0.05) is 74.2 Å². The number of halogens is 2. The number of hydrogen-bond acceptors (Lipinski definition) is 10. The lowest BCUT2D eigenvalue weighted by Crippen LogP contribution is -2.42. The Kier molecular flexibility index (Phi) is 16.1. The highest BCUT2D eigenvalue weighted by molar-refractivity contribution is 6.30. The number of pyridine rings is 2. The molecule has 2 aromatic heterocycles. The predicted molar refractivity (Wildman–Crippen MR) is 263 cm³/mol. The molecule has 16 heteroatoms. The number of amidine groups is 2. The van der Waals surface area contributed by atoms with Crippen LogP contribution in [0.4, 0.5) is 23.0 Å². The summed E-state index contributed by atoms with van der Waals surface area (Å²) in [5.74, 6) is 2.54. The Labute approximate surface area is 394 Å². The number of ether oxygens (including phenoxy) is 2. The molecule has 2 aliphatic heterocycles. The van der Waals surface area contributed by atoms with Gasteiger partial charge in [0.25, 0.3) is 11.8 Å². The second kappa shape index (κ2) is 22.6. The molecule has 0 bridgehead atoms. The van der Waals surface area contributed by atoms with E-state index in [1.807, 2.05) is 66.7 Å². The van der Waals surface area contributed by atoms with Gasteiger partial charge in [0.05, 0.1) is 35.4 Å². The molecule has 2 saturated heterocycles. The summed E-state index contributed by atoms with van der Waals surface area (Å²) in [5, 5.41) is 30.0. The third kappa shape index (κ3) is 12.5. The van der Waals surface area contributed by atoms with Crippen molar-refractivity contribution in [3.8, 4) is 11.5 Å². The fraction of sp³-hybridized carbons (Fsp3) is 0.240. The zero-order chi connectivity index (χ0) is 46.4. The smallest absolute Gasteiger partial charge is 0.259 e. The van der Waals surface area contributed by atoms with E-state index < -0.39 is 0 Å². The van der Waals surface area contributed by atoms with Gasteiger partial charge in [-0.3, -0.25) is 20.4 Å². The van der Waals surface area contributed by atoms with E-state index in [4.69, 9.17) is 43.5 Å². The first-order valence-corrected chi connectivity index (χ1v) is 22.4. The Morgan fingerprint density at radius 1 is 0.561 bits per heavy atom. The second-order valence-corrected chi connectivity index (χ2v) is 16.5. The molecule has 6 N–H and O–H groups in total. The maximum Gasteiger partial charge on any atom is 0.259 e. The Morgan fingerprint density at radius 2 is 0.970 bits per heavy atom. The molecule has 8 rings (SSSR count). The standard InChI is InChI=1S/C26H28ClN5O2.C24H24ClN5O2/c1-34-21-10-11-23(22(15-21)26(33)31-24-12-9-20(27)17-30-24)29-16-18-5-7-19(8-6-18)25(28)32-13-3-2-4-14-32;1-32-19-8-9-21(20(13-19)24(31)29-22-10-7-18(25)15-28-22)27-14-16-3-5-17(6-4-16)23(26)30-11-2-12-30/h5-12,15,17,28-29H,2-4,13-14,16H2,1H3,(H,30,31,33);3-10,13,15,26-27H,2,11-12,14H2,1H3,(H,28,29,31). The first kappa shape index (κ1) is 46.8. The highest BCUT2D eigenvalue weighted by atomic mass is 35.5. The van der Waals surface area contributed by atoms with E-state index >= 15 is 0 Å². The minimum absolute atomic E-state index is 0.304. The fourth-order valence-electron chi connectivity index (χ4n) is 7.23. The van der Waals surface area contributed by atoms with Gasteiger partial charge >= 0.3 is 0 Å². The molecule has 0 saturated carbocycles. The molecule has 4 heterocycles. The molecule has 2 amide bonds. The molecule has 14 nitrogen and oxygen atoms in total. The van der Waals surface area contributed by atoms with Gasteiger partial charge in [-0.1, -0.05) is 71.7 Å². The molecule has 2 aliphatic rings. The van der Waals surface area contributed by atoms with Crippen LogP contribution in [0.25, 0.3) is 0 Å². The minimum Gasteiger partial charge on any atom is -0.497 e. The van der Waals surface area contributed by atoms with Gasteiger partial charge in [0.2, 0.25) is 0 Å². The van der Waals surface area contributed by atoms with Crippen LogP contribution >= 0.6 is 23.2 Å². The van der Waals surface area contributed by atoms with Crippen molar-refractivity contribution >= 4 is 69.7 Å². The summed E-state index contributed by atoms with van der Waals surface area (Å²) in [6, 6.07) is 33.2. The monoisotopic (exact) mass is 926 g/mol. The van der Waals surface area contributed by atoms with Crippen LogP contribution in [0, 0.1) is 10.8 Å². The number of nitrogens with one attached hydrogen (secondary N) is 6. The molecule has 2 fully saturated rings. The molecule has 0 aliphatic carbocycles. The Hall–Kier alpha value is -7.16. The van der Waals surface area contributed by atoms with Crippen LogP contribution in [-0.4, -0.2) is 83.7 Å². The van der Waals surface area contributed by atoms with E-state index in [1.165, 1.54) is 18.8 Å². The molecule has 0 spiro atoms. The van der Waals surface area contributed by atoms with Crippen molar-refractivity contribution in [3.05, 3.63) is 165 Å². The number of likely N-dealkylation sites (tertiary alicyclic amines) is 2. The number of benzene rings is 4. The lowest BCUT2D eigenvalue weighted by atomic mass is 10.1. The summed E-state index contributed by atoms with van der Waals surface area (Å²) in [6.07, 6.45) is 7.66. The molecule has 340 valence electrons. The molecule has 6 aromatic rings. The molecule has 66 heavy (non-hydrogen) atoms. The highest BCUT2D eigenvalue weighted by Gasteiger charge is 2.20. The van der Waals surface area contributed by atoms with Gasteiger partial charge in [-0.2, -0.15) is 0 Å². The van der Waals surface area contributed by atoms with Crippen LogP contribution in [0.15, 0.2) is 122 Å². The van der Waals surface area contributed by atoms with Crippen LogP contribution < -0.4 is 30.7 Å². The Bertz CT molecular complexity index is 2620. The average molecular weight is 928 g/mol. The number of carbonyl (C=O) groups is 2. The molecule has 0 radical (unpaired) electrons. The minimum atomic E-state index is -0.306. The number of methoxy groups -OCH3 is 2. The van der Waals surface area contributed by atoms with Gasteiger partial charge in [0.15, 0.2) is 0 Å².